The number of benzene rings is 2. The highest BCUT2D eigenvalue weighted by Crippen LogP contribution is 2.37. The van der Waals surface area contributed by atoms with Gasteiger partial charge in [0.1, 0.15) is 6.61 Å². The van der Waals surface area contributed by atoms with E-state index in [1.165, 1.54) is 12.1 Å². The third-order valence-electron chi connectivity index (χ3n) is 3.85. The third kappa shape index (κ3) is 6.23. The van der Waals surface area contributed by atoms with Crippen LogP contribution in [0, 0.1) is 10.1 Å². The average Bonchev–Trinajstić information content (AvgIpc) is 2.68. The van der Waals surface area contributed by atoms with Crippen LogP contribution < -0.4 is 9.47 Å². The highest BCUT2D eigenvalue weighted by atomic mass is 79.9. The SMILES string of the molecule is CCOc1cc(/C=N\OCc2cccc([N+](=O)[O-])c2)cc(Br)c1O[C@@H](C)CC. The minimum Gasteiger partial charge on any atom is -0.490 e. The maximum absolute atomic E-state index is 10.8. The van der Waals surface area contributed by atoms with Crippen LogP contribution in [0.4, 0.5) is 5.69 Å². The molecular weight excluding hydrogens is 428 g/mol. The predicted molar refractivity (Wildman–Crippen MR) is 111 cm³/mol. The van der Waals surface area contributed by atoms with Gasteiger partial charge in [0.25, 0.3) is 5.69 Å². The standard InChI is InChI=1S/C20H23BrN2O5/c1-4-14(3)28-20-18(21)10-16(11-19(20)26-5-2)12-22-27-13-15-7-6-8-17(9-15)23(24)25/h6-12,14H,4-5,13H2,1-3H3/b22-12-/t14-/m0/s1. The molecule has 150 valence electrons. The number of rotatable bonds is 10. The number of ether oxygens (including phenoxy) is 2. The monoisotopic (exact) mass is 450 g/mol. The van der Waals surface area contributed by atoms with Crippen LogP contribution in [0.15, 0.2) is 46.0 Å². The van der Waals surface area contributed by atoms with Crippen molar-refractivity contribution in [2.75, 3.05) is 6.61 Å². The molecule has 0 aliphatic heterocycles. The fraction of sp³-hybridized carbons (Fsp3) is 0.350. The molecule has 0 spiro atoms. The number of nitro groups is 1. The van der Waals surface area contributed by atoms with E-state index < -0.39 is 4.92 Å². The maximum atomic E-state index is 10.8. The van der Waals surface area contributed by atoms with Crippen LogP contribution >= 0.6 is 15.9 Å². The summed E-state index contributed by atoms with van der Waals surface area (Å²) >= 11 is 3.52. The molecule has 2 rings (SSSR count). The van der Waals surface area contributed by atoms with Crippen LogP contribution in [0.1, 0.15) is 38.3 Å². The molecule has 0 aliphatic carbocycles. The van der Waals surface area contributed by atoms with E-state index in [2.05, 4.69) is 28.0 Å². The second-order valence-corrected chi connectivity index (χ2v) is 6.89. The van der Waals surface area contributed by atoms with Crippen molar-refractivity contribution < 1.29 is 19.2 Å². The van der Waals surface area contributed by atoms with Crippen LogP contribution in [0.25, 0.3) is 0 Å². The first-order valence-corrected chi connectivity index (χ1v) is 9.75. The topological polar surface area (TPSA) is 83.2 Å². The lowest BCUT2D eigenvalue weighted by Gasteiger charge is -2.18. The Kier molecular flexibility index (Phi) is 8.25. The highest BCUT2D eigenvalue weighted by Gasteiger charge is 2.14. The average molecular weight is 451 g/mol. The molecule has 0 N–H and O–H groups in total. The van der Waals surface area contributed by atoms with Crippen LogP contribution in [0.5, 0.6) is 11.5 Å². The lowest BCUT2D eigenvalue weighted by Crippen LogP contribution is -2.11. The number of nitrogens with zero attached hydrogens (tertiary/aromatic N) is 2. The predicted octanol–water partition coefficient (Wildman–Crippen LogP) is 5.48. The van der Waals surface area contributed by atoms with Gasteiger partial charge in [-0.2, -0.15) is 0 Å². The molecule has 0 saturated carbocycles. The zero-order chi connectivity index (χ0) is 20.5. The van der Waals surface area contributed by atoms with Crippen LogP contribution in [0.2, 0.25) is 0 Å². The van der Waals surface area contributed by atoms with E-state index in [0.29, 0.717) is 23.7 Å². The van der Waals surface area contributed by atoms with Crippen molar-refractivity contribution in [1.82, 2.24) is 0 Å². The van der Waals surface area contributed by atoms with Gasteiger partial charge >= 0.3 is 0 Å². The van der Waals surface area contributed by atoms with E-state index >= 15 is 0 Å². The maximum Gasteiger partial charge on any atom is 0.269 e. The molecular formula is C20H23BrN2O5. The fourth-order valence-corrected chi connectivity index (χ4v) is 2.85. The minimum absolute atomic E-state index is 0.0206. The van der Waals surface area contributed by atoms with Gasteiger partial charge in [0.15, 0.2) is 11.5 Å². The number of non-ortho nitro benzene ring substituents is 1. The van der Waals surface area contributed by atoms with Gasteiger partial charge in [-0.05, 0) is 53.9 Å². The lowest BCUT2D eigenvalue weighted by atomic mass is 10.2. The first kappa shape index (κ1) is 21.7. The second kappa shape index (κ2) is 10.7. The van der Waals surface area contributed by atoms with Gasteiger partial charge in [-0.25, -0.2) is 0 Å². The molecule has 0 fully saturated rings. The first-order valence-electron chi connectivity index (χ1n) is 8.96. The molecule has 0 heterocycles. The van der Waals surface area contributed by atoms with E-state index in [9.17, 15) is 10.1 Å². The Labute approximate surface area is 172 Å². The van der Waals surface area contributed by atoms with Gasteiger partial charge < -0.3 is 14.3 Å². The molecule has 0 aromatic heterocycles. The molecule has 1 atom stereocenters. The summed E-state index contributed by atoms with van der Waals surface area (Å²) in [6, 6.07) is 9.94. The zero-order valence-corrected chi connectivity index (χ0v) is 17.6. The highest BCUT2D eigenvalue weighted by molar-refractivity contribution is 9.10. The van der Waals surface area contributed by atoms with E-state index in [1.54, 1.807) is 18.3 Å². The largest absolute Gasteiger partial charge is 0.490 e. The van der Waals surface area contributed by atoms with E-state index in [4.69, 9.17) is 14.3 Å². The molecule has 2 aromatic carbocycles. The number of halogens is 1. The molecule has 28 heavy (non-hydrogen) atoms. The molecule has 2 aromatic rings. The molecule has 0 aliphatic rings. The van der Waals surface area contributed by atoms with Crippen molar-refractivity contribution in [3.8, 4) is 11.5 Å². The van der Waals surface area contributed by atoms with Gasteiger partial charge in [0, 0.05) is 17.7 Å². The Bertz CT molecular complexity index is 841. The molecule has 0 saturated heterocycles. The first-order chi connectivity index (χ1) is 13.4. The number of hydrogen-bond acceptors (Lipinski definition) is 6. The van der Waals surface area contributed by atoms with Crippen LogP contribution in [-0.2, 0) is 11.4 Å². The van der Waals surface area contributed by atoms with Crippen molar-refractivity contribution in [2.45, 2.75) is 39.9 Å². The normalized spacial score (nSPS) is 12.0. The fourth-order valence-electron chi connectivity index (χ4n) is 2.29. The molecule has 0 amide bonds. The Hall–Kier alpha value is -2.61. The molecule has 0 unspecified atom stereocenters. The summed E-state index contributed by atoms with van der Waals surface area (Å²) in [4.78, 5) is 15.6. The van der Waals surface area contributed by atoms with Crippen molar-refractivity contribution in [3.05, 3.63) is 62.1 Å². The summed E-state index contributed by atoms with van der Waals surface area (Å²) in [6.07, 6.45) is 2.50. The van der Waals surface area contributed by atoms with Gasteiger partial charge in [-0.15, -0.1) is 0 Å². The molecule has 0 radical (unpaired) electrons. The van der Waals surface area contributed by atoms with Crippen LogP contribution in [0.3, 0.4) is 0 Å². The Morgan fingerprint density at radius 3 is 2.75 bits per heavy atom. The summed E-state index contributed by atoms with van der Waals surface area (Å²) in [5.74, 6) is 1.28. The molecule has 0 bridgehead atoms. The zero-order valence-electron chi connectivity index (χ0n) is 16.1. The third-order valence-corrected chi connectivity index (χ3v) is 4.44. The number of hydrogen-bond donors (Lipinski definition) is 0. The summed E-state index contributed by atoms with van der Waals surface area (Å²) in [5, 5.41) is 14.8. The van der Waals surface area contributed by atoms with Gasteiger partial charge in [-0.3, -0.25) is 10.1 Å². The molecule has 8 heteroatoms. The minimum atomic E-state index is -0.442. The van der Waals surface area contributed by atoms with Gasteiger partial charge in [0.2, 0.25) is 0 Å². The summed E-state index contributed by atoms with van der Waals surface area (Å²) in [7, 11) is 0. The summed E-state index contributed by atoms with van der Waals surface area (Å²) in [5.41, 5.74) is 1.46. The number of oxime groups is 1. The lowest BCUT2D eigenvalue weighted by molar-refractivity contribution is -0.384. The number of nitro benzene ring substituents is 1. The Morgan fingerprint density at radius 2 is 2.07 bits per heavy atom. The van der Waals surface area contributed by atoms with Crippen molar-refractivity contribution in [2.24, 2.45) is 5.16 Å². The smallest absolute Gasteiger partial charge is 0.269 e. The molecule has 7 nitrogen and oxygen atoms in total. The Balaban J connectivity index is 2.08. The Morgan fingerprint density at radius 1 is 1.29 bits per heavy atom. The van der Waals surface area contributed by atoms with Gasteiger partial charge in [0.05, 0.1) is 28.3 Å². The van der Waals surface area contributed by atoms with Crippen molar-refractivity contribution in [3.63, 3.8) is 0 Å². The summed E-state index contributed by atoms with van der Waals surface area (Å²) in [6.45, 7) is 6.60. The van der Waals surface area contributed by atoms with Crippen molar-refractivity contribution in [1.29, 1.82) is 0 Å². The summed E-state index contributed by atoms with van der Waals surface area (Å²) < 4.78 is 12.4. The van der Waals surface area contributed by atoms with Crippen molar-refractivity contribution >= 4 is 27.8 Å². The van der Waals surface area contributed by atoms with Crippen LogP contribution in [-0.4, -0.2) is 23.8 Å². The van der Waals surface area contributed by atoms with E-state index in [-0.39, 0.29) is 18.4 Å². The second-order valence-electron chi connectivity index (χ2n) is 6.03. The van der Waals surface area contributed by atoms with E-state index in [1.807, 2.05) is 26.0 Å². The van der Waals surface area contributed by atoms with Gasteiger partial charge in [-0.1, -0.05) is 24.2 Å². The quantitative estimate of drug-likeness (QED) is 0.271. The van der Waals surface area contributed by atoms with E-state index in [0.717, 1.165) is 16.5 Å².